The summed E-state index contributed by atoms with van der Waals surface area (Å²) in [6.07, 6.45) is 0.675. The normalized spacial score (nSPS) is 19.1. The Hall–Kier alpha value is -2.89. The van der Waals surface area contributed by atoms with Gasteiger partial charge in [-0.25, -0.2) is 9.18 Å². The maximum Gasteiger partial charge on any atom is 0.317 e. The molecule has 148 valence electrons. The second kappa shape index (κ2) is 9.35. The molecule has 1 heterocycles. The lowest BCUT2D eigenvalue weighted by Crippen LogP contribution is -2.51. The number of amides is 3. The van der Waals surface area contributed by atoms with Gasteiger partial charge in [0.2, 0.25) is 5.91 Å². The molecule has 2 aromatic rings. The van der Waals surface area contributed by atoms with Crippen molar-refractivity contribution in [3.63, 3.8) is 0 Å². The first-order valence-corrected chi connectivity index (χ1v) is 9.66. The first-order chi connectivity index (χ1) is 13.6. The van der Waals surface area contributed by atoms with Crippen LogP contribution in [0.5, 0.6) is 0 Å². The molecular weight excluding hydrogens is 357 g/mol. The van der Waals surface area contributed by atoms with Crippen molar-refractivity contribution in [1.29, 1.82) is 0 Å². The number of likely N-dealkylation sites (tertiary alicyclic amines) is 1. The van der Waals surface area contributed by atoms with Gasteiger partial charge in [-0.15, -0.1) is 0 Å². The second-order valence-corrected chi connectivity index (χ2v) is 7.13. The van der Waals surface area contributed by atoms with Crippen LogP contribution in [0.25, 0.3) is 0 Å². The average Bonchev–Trinajstić information content (AvgIpc) is 2.72. The molecule has 0 aromatic heterocycles. The Kier molecular flexibility index (Phi) is 6.63. The molecule has 1 fully saturated rings. The van der Waals surface area contributed by atoms with Crippen LogP contribution in [0.15, 0.2) is 54.6 Å². The topological polar surface area (TPSA) is 61.4 Å². The van der Waals surface area contributed by atoms with E-state index >= 15 is 0 Å². The van der Waals surface area contributed by atoms with Gasteiger partial charge in [0, 0.05) is 32.1 Å². The molecule has 0 spiro atoms. The fourth-order valence-corrected chi connectivity index (χ4v) is 3.67. The highest BCUT2D eigenvalue weighted by molar-refractivity contribution is 5.81. The van der Waals surface area contributed by atoms with Gasteiger partial charge >= 0.3 is 6.03 Å². The molecule has 1 aliphatic rings. The van der Waals surface area contributed by atoms with Gasteiger partial charge in [-0.1, -0.05) is 42.5 Å². The van der Waals surface area contributed by atoms with Gasteiger partial charge in [0.1, 0.15) is 5.82 Å². The molecule has 2 atom stereocenters. The van der Waals surface area contributed by atoms with E-state index in [2.05, 4.69) is 10.6 Å². The summed E-state index contributed by atoms with van der Waals surface area (Å²) in [4.78, 5) is 26.9. The van der Waals surface area contributed by atoms with E-state index in [-0.39, 0.29) is 36.1 Å². The highest BCUT2D eigenvalue weighted by Gasteiger charge is 2.34. The first kappa shape index (κ1) is 19.9. The molecule has 0 aliphatic carbocycles. The van der Waals surface area contributed by atoms with Crippen molar-refractivity contribution < 1.29 is 14.0 Å². The number of carbonyl (C=O) groups excluding carboxylic acids is 2. The minimum absolute atomic E-state index is 0.0995. The second-order valence-electron chi connectivity index (χ2n) is 7.13. The van der Waals surface area contributed by atoms with Crippen molar-refractivity contribution in [2.24, 2.45) is 5.92 Å². The van der Waals surface area contributed by atoms with Crippen molar-refractivity contribution >= 4 is 11.9 Å². The van der Waals surface area contributed by atoms with Gasteiger partial charge < -0.3 is 15.5 Å². The fraction of sp³-hybridized carbons (Fsp3) is 0.364. The third-order valence-corrected chi connectivity index (χ3v) is 5.06. The van der Waals surface area contributed by atoms with Crippen molar-refractivity contribution in [2.45, 2.75) is 25.8 Å². The van der Waals surface area contributed by atoms with Gasteiger partial charge in [0.05, 0.1) is 5.92 Å². The highest BCUT2D eigenvalue weighted by Crippen LogP contribution is 2.30. The van der Waals surface area contributed by atoms with Crippen LogP contribution in [0, 0.1) is 11.7 Å². The Morgan fingerprint density at radius 3 is 2.57 bits per heavy atom. The van der Waals surface area contributed by atoms with Crippen LogP contribution >= 0.6 is 0 Å². The smallest absolute Gasteiger partial charge is 0.317 e. The number of hydrogen-bond donors (Lipinski definition) is 2. The summed E-state index contributed by atoms with van der Waals surface area (Å²) in [6, 6.07) is 16.0. The molecule has 0 bridgehead atoms. The molecule has 5 nitrogen and oxygen atoms in total. The number of hydrogen-bond acceptors (Lipinski definition) is 2. The molecule has 0 radical (unpaired) electrons. The van der Waals surface area contributed by atoms with Crippen molar-refractivity contribution in [2.75, 3.05) is 19.6 Å². The summed E-state index contributed by atoms with van der Waals surface area (Å²) in [6.45, 7) is 3.65. The standard InChI is InChI=1S/C22H26FN3O2/c1-2-24-22(28)26-14-18(17-8-4-3-5-9-17)12-19(15-26)21(27)25-13-16-7-6-10-20(23)11-16/h3-11,18-19H,2,12-15H2,1H3,(H,24,28)(H,25,27). The summed E-state index contributed by atoms with van der Waals surface area (Å²) >= 11 is 0. The molecule has 0 saturated carbocycles. The molecular formula is C22H26FN3O2. The van der Waals surface area contributed by atoms with Crippen LogP contribution in [0.2, 0.25) is 0 Å². The number of benzene rings is 2. The average molecular weight is 383 g/mol. The summed E-state index contributed by atoms with van der Waals surface area (Å²) in [5.74, 6) is -0.646. The summed E-state index contributed by atoms with van der Waals surface area (Å²) in [7, 11) is 0. The molecule has 2 aromatic carbocycles. The first-order valence-electron chi connectivity index (χ1n) is 9.66. The lowest BCUT2D eigenvalue weighted by atomic mass is 9.84. The maximum atomic E-state index is 13.3. The Labute approximate surface area is 164 Å². The third kappa shape index (κ3) is 5.09. The number of nitrogens with zero attached hydrogens (tertiary/aromatic N) is 1. The van der Waals surface area contributed by atoms with Gasteiger partial charge in [-0.05, 0) is 36.6 Å². The summed E-state index contributed by atoms with van der Waals surface area (Å²) < 4.78 is 13.3. The lowest BCUT2D eigenvalue weighted by molar-refractivity contribution is -0.126. The lowest BCUT2D eigenvalue weighted by Gasteiger charge is -2.37. The van der Waals surface area contributed by atoms with Gasteiger partial charge in [0.25, 0.3) is 0 Å². The Bertz CT molecular complexity index is 812. The van der Waals surface area contributed by atoms with Gasteiger partial charge in [-0.2, -0.15) is 0 Å². The van der Waals surface area contributed by atoms with E-state index in [1.54, 1.807) is 17.0 Å². The number of rotatable bonds is 5. The van der Waals surface area contributed by atoms with Crippen molar-refractivity contribution in [3.8, 4) is 0 Å². The van der Waals surface area contributed by atoms with E-state index < -0.39 is 0 Å². The third-order valence-electron chi connectivity index (χ3n) is 5.06. The zero-order chi connectivity index (χ0) is 19.9. The minimum Gasteiger partial charge on any atom is -0.352 e. The molecule has 3 rings (SSSR count). The predicted molar refractivity (Wildman–Crippen MR) is 106 cm³/mol. The monoisotopic (exact) mass is 383 g/mol. The zero-order valence-electron chi connectivity index (χ0n) is 16.0. The largest absolute Gasteiger partial charge is 0.352 e. The number of piperidine rings is 1. The zero-order valence-corrected chi connectivity index (χ0v) is 16.0. The van der Waals surface area contributed by atoms with E-state index in [9.17, 15) is 14.0 Å². The Morgan fingerprint density at radius 2 is 1.86 bits per heavy atom. The van der Waals surface area contributed by atoms with E-state index in [4.69, 9.17) is 0 Å². The fourth-order valence-electron chi connectivity index (χ4n) is 3.67. The van der Waals surface area contributed by atoms with Crippen LogP contribution in [-0.4, -0.2) is 36.5 Å². The van der Waals surface area contributed by atoms with Gasteiger partial charge in [0.15, 0.2) is 0 Å². The van der Waals surface area contributed by atoms with E-state index in [1.165, 1.54) is 12.1 Å². The van der Waals surface area contributed by atoms with Crippen molar-refractivity contribution in [1.82, 2.24) is 15.5 Å². The van der Waals surface area contributed by atoms with Gasteiger partial charge in [-0.3, -0.25) is 4.79 Å². The van der Waals surface area contributed by atoms with Crippen LogP contribution in [0.1, 0.15) is 30.4 Å². The molecule has 1 saturated heterocycles. The Balaban J connectivity index is 1.70. The summed E-state index contributed by atoms with van der Waals surface area (Å²) in [5.41, 5.74) is 1.84. The highest BCUT2D eigenvalue weighted by atomic mass is 19.1. The maximum absolute atomic E-state index is 13.3. The number of urea groups is 1. The van der Waals surface area contributed by atoms with E-state index in [0.29, 0.717) is 31.6 Å². The molecule has 6 heteroatoms. The van der Waals surface area contributed by atoms with Crippen LogP contribution < -0.4 is 10.6 Å². The molecule has 2 N–H and O–H groups in total. The predicted octanol–water partition coefficient (Wildman–Crippen LogP) is 3.28. The number of halogens is 1. The SMILES string of the molecule is CCNC(=O)N1CC(C(=O)NCc2cccc(F)c2)CC(c2ccccc2)C1. The molecule has 3 amide bonds. The van der Waals surface area contributed by atoms with E-state index in [0.717, 1.165) is 5.56 Å². The van der Waals surface area contributed by atoms with Crippen LogP contribution in [-0.2, 0) is 11.3 Å². The summed E-state index contributed by atoms with van der Waals surface area (Å²) in [5, 5.41) is 5.72. The van der Waals surface area contributed by atoms with E-state index in [1.807, 2.05) is 37.3 Å². The quantitative estimate of drug-likeness (QED) is 0.832. The van der Waals surface area contributed by atoms with Crippen LogP contribution in [0.3, 0.4) is 0 Å². The molecule has 28 heavy (non-hydrogen) atoms. The minimum atomic E-state index is -0.323. The molecule has 2 unspecified atom stereocenters. The number of carbonyl (C=O) groups is 2. The van der Waals surface area contributed by atoms with Crippen LogP contribution in [0.4, 0.5) is 9.18 Å². The molecule has 1 aliphatic heterocycles. The van der Waals surface area contributed by atoms with Crippen molar-refractivity contribution in [3.05, 3.63) is 71.5 Å². The number of nitrogens with one attached hydrogen (secondary N) is 2. The Morgan fingerprint density at radius 1 is 1.07 bits per heavy atom.